The number of hydrogen-bond donors (Lipinski definition) is 0. The third-order valence-electron chi connectivity index (χ3n) is 5.52. The van der Waals surface area contributed by atoms with E-state index in [4.69, 9.17) is 0 Å². The van der Waals surface area contributed by atoms with E-state index in [2.05, 4.69) is 49.5 Å². The summed E-state index contributed by atoms with van der Waals surface area (Å²) in [5.41, 5.74) is 1.27. The molecule has 0 aliphatic carbocycles. The minimum absolute atomic E-state index is 0.174. The first-order chi connectivity index (χ1) is 11.2. The summed E-state index contributed by atoms with van der Waals surface area (Å²) in [5, 5.41) is 0. The molecule has 3 heterocycles. The van der Waals surface area contributed by atoms with Crippen molar-refractivity contribution in [2.45, 2.75) is 59.4 Å². The number of carbonyl (C=O) groups excluding carboxylic acids is 1. The topological polar surface area (TPSA) is 49.3 Å². The van der Waals surface area contributed by atoms with Crippen LogP contribution >= 0.6 is 0 Å². The molecule has 2 aliphatic heterocycles. The molecule has 5 heteroatoms. The highest BCUT2D eigenvalue weighted by molar-refractivity contribution is 5.78. The van der Waals surface area contributed by atoms with Gasteiger partial charge in [-0.3, -0.25) is 4.79 Å². The molecular weight excluding hydrogens is 300 g/mol. The summed E-state index contributed by atoms with van der Waals surface area (Å²) < 4.78 is 0. The molecule has 0 atom stereocenters. The third-order valence-corrected chi connectivity index (χ3v) is 5.52. The first kappa shape index (κ1) is 17.2. The second-order valence-corrected chi connectivity index (χ2v) is 9.00. The smallest absolute Gasteiger partial charge is 0.225 e. The number of likely N-dealkylation sites (tertiary alicyclic amines) is 1. The molecule has 24 heavy (non-hydrogen) atoms. The van der Waals surface area contributed by atoms with Gasteiger partial charge in [0.1, 0.15) is 0 Å². The van der Waals surface area contributed by atoms with Crippen molar-refractivity contribution in [2.24, 2.45) is 11.3 Å². The zero-order valence-electron chi connectivity index (χ0n) is 15.7. The van der Waals surface area contributed by atoms with Crippen molar-refractivity contribution < 1.29 is 4.79 Å². The molecule has 2 saturated heterocycles. The minimum atomic E-state index is -0.174. The van der Waals surface area contributed by atoms with Gasteiger partial charge in [-0.05, 0) is 43.6 Å². The summed E-state index contributed by atoms with van der Waals surface area (Å²) in [7, 11) is 0. The molecule has 132 valence electrons. The molecule has 1 amide bonds. The van der Waals surface area contributed by atoms with Crippen LogP contribution in [0.15, 0.2) is 12.4 Å². The zero-order chi connectivity index (χ0) is 17.5. The second-order valence-electron chi connectivity index (χ2n) is 9.00. The Balaban J connectivity index is 1.60. The number of nitrogens with zero attached hydrogens (tertiary/aromatic N) is 4. The fraction of sp³-hybridized carbons (Fsp3) is 0.737. The van der Waals surface area contributed by atoms with E-state index in [0.29, 0.717) is 17.8 Å². The van der Waals surface area contributed by atoms with Crippen LogP contribution in [0.1, 0.15) is 53.0 Å². The molecule has 1 aromatic rings. The molecule has 3 rings (SSSR count). The van der Waals surface area contributed by atoms with E-state index in [9.17, 15) is 4.79 Å². The van der Waals surface area contributed by atoms with E-state index >= 15 is 0 Å². The first-order valence-electron chi connectivity index (χ1n) is 9.03. The van der Waals surface area contributed by atoms with Crippen LogP contribution in [0.3, 0.4) is 0 Å². The van der Waals surface area contributed by atoms with Gasteiger partial charge in [0.15, 0.2) is 0 Å². The lowest BCUT2D eigenvalue weighted by atomic mass is 9.76. The Morgan fingerprint density at radius 1 is 1.12 bits per heavy atom. The number of hydrogen-bond acceptors (Lipinski definition) is 4. The van der Waals surface area contributed by atoms with Gasteiger partial charge in [0.05, 0.1) is 0 Å². The summed E-state index contributed by atoms with van der Waals surface area (Å²) >= 11 is 0. The fourth-order valence-corrected chi connectivity index (χ4v) is 3.68. The Morgan fingerprint density at radius 3 is 2.25 bits per heavy atom. The second kappa shape index (κ2) is 6.01. The zero-order valence-corrected chi connectivity index (χ0v) is 15.7. The van der Waals surface area contributed by atoms with E-state index in [1.807, 2.05) is 17.3 Å². The minimum Gasteiger partial charge on any atom is -0.340 e. The largest absolute Gasteiger partial charge is 0.340 e. The average Bonchev–Trinajstić information content (AvgIpc) is 2.84. The standard InChI is InChI=1S/C19H30N4O/c1-18(2,3)15-12-22(13-15)17-20-10-14(11-21-17)9-19(4,5)23-8-6-7-16(23)24/h10-11,15H,6-9,12-13H2,1-5H3. The fourth-order valence-electron chi connectivity index (χ4n) is 3.68. The number of amides is 1. The SMILES string of the molecule is CC(C)(C)C1CN(c2ncc(CC(C)(C)N3CCCC3=O)cn2)C1. The average molecular weight is 330 g/mol. The van der Waals surface area contributed by atoms with Gasteiger partial charge in [0, 0.05) is 44.0 Å². The van der Waals surface area contributed by atoms with Crippen LogP contribution in [0.4, 0.5) is 5.95 Å². The Morgan fingerprint density at radius 2 is 1.75 bits per heavy atom. The maximum atomic E-state index is 12.0. The Kier molecular flexibility index (Phi) is 4.30. The van der Waals surface area contributed by atoms with Crippen LogP contribution in [0.25, 0.3) is 0 Å². The van der Waals surface area contributed by atoms with Gasteiger partial charge in [0.2, 0.25) is 11.9 Å². The Bertz CT molecular complexity index is 597. The van der Waals surface area contributed by atoms with Gasteiger partial charge < -0.3 is 9.80 Å². The van der Waals surface area contributed by atoms with Crippen LogP contribution in [-0.4, -0.2) is 45.9 Å². The Labute approximate surface area is 145 Å². The van der Waals surface area contributed by atoms with E-state index in [1.165, 1.54) is 0 Å². The summed E-state index contributed by atoms with van der Waals surface area (Å²) in [6.45, 7) is 14.1. The van der Waals surface area contributed by atoms with Crippen LogP contribution in [0, 0.1) is 11.3 Å². The van der Waals surface area contributed by atoms with Gasteiger partial charge in [0.25, 0.3) is 0 Å². The highest BCUT2D eigenvalue weighted by atomic mass is 16.2. The highest BCUT2D eigenvalue weighted by Gasteiger charge is 2.37. The molecule has 0 unspecified atom stereocenters. The molecule has 0 aromatic carbocycles. The first-order valence-corrected chi connectivity index (χ1v) is 9.03. The lowest BCUT2D eigenvalue weighted by molar-refractivity contribution is -0.132. The number of rotatable bonds is 4. The lowest BCUT2D eigenvalue weighted by Crippen LogP contribution is -2.52. The maximum Gasteiger partial charge on any atom is 0.225 e. The third kappa shape index (κ3) is 3.40. The van der Waals surface area contributed by atoms with Crippen molar-refractivity contribution in [3.63, 3.8) is 0 Å². The van der Waals surface area contributed by atoms with Gasteiger partial charge in [-0.1, -0.05) is 20.8 Å². The van der Waals surface area contributed by atoms with Gasteiger partial charge in [-0.15, -0.1) is 0 Å². The summed E-state index contributed by atoms with van der Waals surface area (Å²) in [5.74, 6) is 1.81. The molecule has 1 aromatic heterocycles. The predicted molar refractivity (Wildman–Crippen MR) is 95.9 cm³/mol. The van der Waals surface area contributed by atoms with Gasteiger partial charge >= 0.3 is 0 Å². The molecular formula is C19H30N4O. The normalized spacial score (nSPS) is 19.8. The van der Waals surface area contributed by atoms with E-state index in [-0.39, 0.29) is 11.4 Å². The van der Waals surface area contributed by atoms with E-state index in [0.717, 1.165) is 44.0 Å². The summed E-state index contributed by atoms with van der Waals surface area (Å²) in [6, 6.07) is 0. The Hall–Kier alpha value is -1.65. The van der Waals surface area contributed by atoms with Crippen molar-refractivity contribution in [1.29, 1.82) is 0 Å². The van der Waals surface area contributed by atoms with Crippen molar-refractivity contribution in [3.05, 3.63) is 18.0 Å². The van der Waals surface area contributed by atoms with E-state index < -0.39 is 0 Å². The van der Waals surface area contributed by atoms with Crippen molar-refractivity contribution in [3.8, 4) is 0 Å². The van der Waals surface area contributed by atoms with Gasteiger partial charge in [-0.25, -0.2) is 9.97 Å². The van der Waals surface area contributed by atoms with Gasteiger partial charge in [-0.2, -0.15) is 0 Å². The van der Waals surface area contributed by atoms with Crippen molar-refractivity contribution >= 4 is 11.9 Å². The molecule has 2 aliphatic rings. The predicted octanol–water partition coefficient (Wildman–Crippen LogP) is 2.90. The molecule has 0 bridgehead atoms. The van der Waals surface area contributed by atoms with Crippen molar-refractivity contribution in [1.82, 2.24) is 14.9 Å². The van der Waals surface area contributed by atoms with Crippen LogP contribution in [0.5, 0.6) is 0 Å². The number of anilines is 1. The van der Waals surface area contributed by atoms with Crippen molar-refractivity contribution in [2.75, 3.05) is 24.5 Å². The van der Waals surface area contributed by atoms with Crippen LogP contribution in [-0.2, 0) is 11.2 Å². The van der Waals surface area contributed by atoms with Crippen LogP contribution < -0.4 is 4.90 Å². The molecule has 0 radical (unpaired) electrons. The van der Waals surface area contributed by atoms with Crippen LogP contribution in [0.2, 0.25) is 0 Å². The quantitative estimate of drug-likeness (QED) is 0.852. The number of carbonyl (C=O) groups is 1. The lowest BCUT2D eigenvalue weighted by Gasteiger charge is -2.46. The molecule has 2 fully saturated rings. The number of aromatic nitrogens is 2. The molecule has 0 N–H and O–H groups in total. The molecule has 0 saturated carbocycles. The maximum absolute atomic E-state index is 12.0. The summed E-state index contributed by atoms with van der Waals surface area (Å²) in [4.78, 5) is 25.4. The highest BCUT2D eigenvalue weighted by Crippen LogP contribution is 2.35. The van der Waals surface area contributed by atoms with E-state index in [1.54, 1.807) is 0 Å². The summed E-state index contributed by atoms with van der Waals surface area (Å²) in [6.07, 6.45) is 6.30. The molecule has 5 nitrogen and oxygen atoms in total. The molecule has 0 spiro atoms. The monoisotopic (exact) mass is 330 g/mol.